The second-order valence-electron chi connectivity index (χ2n) is 6.38. The van der Waals surface area contributed by atoms with E-state index >= 15 is 0 Å². The topological polar surface area (TPSA) is 30.5 Å². The van der Waals surface area contributed by atoms with E-state index in [-0.39, 0.29) is 11.6 Å². The Kier molecular flexibility index (Phi) is 6.98. The van der Waals surface area contributed by atoms with Crippen LogP contribution in [0.15, 0.2) is 66.7 Å². The van der Waals surface area contributed by atoms with E-state index in [1.165, 1.54) is 18.2 Å². The minimum atomic E-state index is -0.277. The Bertz CT molecular complexity index is 897. The van der Waals surface area contributed by atoms with E-state index < -0.39 is 0 Å². The lowest BCUT2D eigenvalue weighted by molar-refractivity contribution is 0.280. The molecule has 0 spiro atoms. The van der Waals surface area contributed by atoms with Gasteiger partial charge in [-0.3, -0.25) is 0 Å². The first-order valence-corrected chi connectivity index (χ1v) is 9.14. The molecule has 0 amide bonds. The Balaban J connectivity index is 1.62. The van der Waals surface area contributed by atoms with Crippen LogP contribution in [0, 0.1) is 11.6 Å². The van der Waals surface area contributed by atoms with E-state index in [0.29, 0.717) is 43.2 Å². The molecule has 3 aromatic rings. The highest BCUT2D eigenvalue weighted by atomic mass is 19.1. The van der Waals surface area contributed by atoms with Crippen molar-refractivity contribution in [2.75, 3.05) is 13.7 Å². The SMILES string of the molecule is COc1cccc(CNCCc2ccccc2F)c1OCc1ccc(F)cc1. The fourth-order valence-electron chi connectivity index (χ4n) is 2.91. The summed E-state index contributed by atoms with van der Waals surface area (Å²) in [5, 5.41) is 3.32. The summed E-state index contributed by atoms with van der Waals surface area (Å²) in [5.74, 6) is 0.818. The Morgan fingerprint density at radius 1 is 0.857 bits per heavy atom. The van der Waals surface area contributed by atoms with Crippen molar-refractivity contribution in [3.63, 3.8) is 0 Å². The first kappa shape index (κ1) is 19.8. The molecule has 0 aliphatic carbocycles. The Morgan fingerprint density at radius 2 is 1.61 bits per heavy atom. The van der Waals surface area contributed by atoms with E-state index in [1.807, 2.05) is 24.3 Å². The molecule has 3 rings (SSSR count). The maximum absolute atomic E-state index is 13.7. The summed E-state index contributed by atoms with van der Waals surface area (Å²) < 4.78 is 38.2. The number of para-hydroxylation sites is 1. The highest BCUT2D eigenvalue weighted by Gasteiger charge is 2.11. The second-order valence-corrected chi connectivity index (χ2v) is 6.38. The number of nitrogens with one attached hydrogen (secondary N) is 1. The standard InChI is InChI=1S/C23H23F2NO2/c1-27-22-8-4-6-19(15-26-14-13-18-5-2-3-7-21(18)25)23(22)28-16-17-9-11-20(24)12-10-17/h2-12,26H,13-16H2,1H3. The van der Waals surface area contributed by atoms with Crippen molar-refractivity contribution in [2.45, 2.75) is 19.6 Å². The van der Waals surface area contributed by atoms with E-state index in [2.05, 4.69) is 5.32 Å². The number of benzene rings is 3. The van der Waals surface area contributed by atoms with E-state index in [9.17, 15) is 8.78 Å². The molecule has 0 unspecified atom stereocenters. The fraction of sp³-hybridized carbons (Fsp3) is 0.217. The van der Waals surface area contributed by atoms with Crippen LogP contribution in [0.3, 0.4) is 0 Å². The maximum atomic E-state index is 13.7. The molecular formula is C23H23F2NO2. The van der Waals surface area contributed by atoms with Crippen molar-refractivity contribution in [3.05, 3.63) is 95.1 Å². The van der Waals surface area contributed by atoms with E-state index in [4.69, 9.17) is 9.47 Å². The summed E-state index contributed by atoms with van der Waals surface area (Å²) in [6.07, 6.45) is 0.600. The number of ether oxygens (including phenoxy) is 2. The van der Waals surface area contributed by atoms with Crippen molar-refractivity contribution < 1.29 is 18.3 Å². The van der Waals surface area contributed by atoms with Gasteiger partial charge in [0.1, 0.15) is 18.2 Å². The molecule has 0 radical (unpaired) electrons. The van der Waals surface area contributed by atoms with Crippen LogP contribution in [-0.2, 0) is 19.6 Å². The van der Waals surface area contributed by atoms with Crippen LogP contribution >= 0.6 is 0 Å². The molecule has 3 nitrogen and oxygen atoms in total. The van der Waals surface area contributed by atoms with Gasteiger partial charge < -0.3 is 14.8 Å². The number of hydrogen-bond acceptors (Lipinski definition) is 3. The second kappa shape index (κ2) is 9.85. The summed E-state index contributed by atoms with van der Waals surface area (Å²) in [6.45, 7) is 1.50. The molecule has 3 aromatic carbocycles. The largest absolute Gasteiger partial charge is 0.493 e. The van der Waals surface area contributed by atoms with Crippen LogP contribution in [-0.4, -0.2) is 13.7 Å². The summed E-state index contributed by atoms with van der Waals surface area (Å²) in [4.78, 5) is 0. The minimum absolute atomic E-state index is 0.186. The summed E-state index contributed by atoms with van der Waals surface area (Å²) >= 11 is 0. The van der Waals surface area contributed by atoms with E-state index in [0.717, 1.165) is 11.1 Å². The molecule has 0 saturated heterocycles. The number of methoxy groups -OCH3 is 1. The zero-order valence-corrected chi connectivity index (χ0v) is 15.8. The van der Waals surface area contributed by atoms with Gasteiger partial charge in [-0.1, -0.05) is 42.5 Å². The van der Waals surface area contributed by atoms with Crippen LogP contribution in [0.2, 0.25) is 0 Å². The Morgan fingerprint density at radius 3 is 2.36 bits per heavy atom. The minimum Gasteiger partial charge on any atom is -0.493 e. The molecule has 0 saturated carbocycles. The molecule has 0 atom stereocenters. The van der Waals surface area contributed by atoms with Crippen molar-refractivity contribution in [1.29, 1.82) is 0 Å². The number of halogens is 2. The quantitative estimate of drug-likeness (QED) is 0.534. The third-order valence-corrected chi connectivity index (χ3v) is 4.42. The van der Waals surface area contributed by atoms with E-state index in [1.54, 1.807) is 31.4 Å². The van der Waals surface area contributed by atoms with Crippen LogP contribution in [0.4, 0.5) is 8.78 Å². The van der Waals surface area contributed by atoms with Crippen LogP contribution < -0.4 is 14.8 Å². The number of hydrogen-bond donors (Lipinski definition) is 1. The molecule has 0 aromatic heterocycles. The molecule has 0 bridgehead atoms. The molecule has 1 N–H and O–H groups in total. The van der Waals surface area contributed by atoms with Gasteiger partial charge in [-0.05, 0) is 48.4 Å². The molecule has 0 fully saturated rings. The van der Waals surface area contributed by atoms with Crippen LogP contribution in [0.1, 0.15) is 16.7 Å². The van der Waals surface area contributed by atoms with Crippen LogP contribution in [0.25, 0.3) is 0 Å². The maximum Gasteiger partial charge on any atom is 0.166 e. The first-order valence-electron chi connectivity index (χ1n) is 9.14. The third kappa shape index (κ3) is 5.30. The predicted molar refractivity (Wildman–Crippen MR) is 106 cm³/mol. The van der Waals surface area contributed by atoms with Crippen molar-refractivity contribution in [3.8, 4) is 11.5 Å². The fourth-order valence-corrected chi connectivity index (χ4v) is 2.91. The molecule has 0 aliphatic rings. The van der Waals surface area contributed by atoms with Crippen LogP contribution in [0.5, 0.6) is 11.5 Å². The Hall–Kier alpha value is -2.92. The lowest BCUT2D eigenvalue weighted by atomic mass is 10.1. The monoisotopic (exact) mass is 383 g/mol. The molecule has 0 aliphatic heterocycles. The van der Waals surface area contributed by atoms with Crippen molar-refractivity contribution in [2.24, 2.45) is 0 Å². The predicted octanol–water partition coefficient (Wildman–Crippen LogP) is 4.88. The summed E-state index contributed by atoms with van der Waals surface area (Å²) in [5.41, 5.74) is 2.49. The third-order valence-electron chi connectivity index (χ3n) is 4.42. The van der Waals surface area contributed by atoms with Crippen molar-refractivity contribution in [1.82, 2.24) is 5.32 Å². The highest BCUT2D eigenvalue weighted by Crippen LogP contribution is 2.31. The average Bonchev–Trinajstić information content (AvgIpc) is 2.72. The van der Waals surface area contributed by atoms with Gasteiger partial charge in [0.25, 0.3) is 0 Å². The van der Waals surface area contributed by atoms with Crippen molar-refractivity contribution >= 4 is 0 Å². The molecule has 28 heavy (non-hydrogen) atoms. The summed E-state index contributed by atoms with van der Waals surface area (Å²) in [6, 6.07) is 18.7. The van der Waals surface area contributed by atoms with Gasteiger partial charge in [-0.15, -0.1) is 0 Å². The van der Waals surface area contributed by atoms with Gasteiger partial charge in [-0.25, -0.2) is 8.78 Å². The molecule has 146 valence electrons. The smallest absolute Gasteiger partial charge is 0.166 e. The lowest BCUT2D eigenvalue weighted by Crippen LogP contribution is -2.18. The zero-order chi connectivity index (χ0) is 19.8. The first-order chi connectivity index (χ1) is 13.7. The average molecular weight is 383 g/mol. The lowest BCUT2D eigenvalue weighted by Gasteiger charge is -2.16. The van der Waals surface area contributed by atoms with Gasteiger partial charge in [0.2, 0.25) is 0 Å². The van der Waals surface area contributed by atoms with Gasteiger partial charge in [0, 0.05) is 12.1 Å². The van der Waals surface area contributed by atoms with Gasteiger partial charge >= 0.3 is 0 Å². The molecular weight excluding hydrogens is 360 g/mol. The van der Waals surface area contributed by atoms with Gasteiger partial charge in [0.15, 0.2) is 11.5 Å². The highest BCUT2D eigenvalue weighted by molar-refractivity contribution is 5.46. The Labute approximate surface area is 163 Å². The number of rotatable bonds is 9. The normalized spacial score (nSPS) is 10.7. The molecule has 0 heterocycles. The molecule has 5 heteroatoms. The van der Waals surface area contributed by atoms with Gasteiger partial charge in [-0.2, -0.15) is 0 Å². The van der Waals surface area contributed by atoms with Gasteiger partial charge in [0.05, 0.1) is 7.11 Å². The zero-order valence-electron chi connectivity index (χ0n) is 15.8. The summed E-state index contributed by atoms with van der Waals surface area (Å²) in [7, 11) is 1.59.